The number of amides is 2. The van der Waals surface area contributed by atoms with Crippen LogP contribution in [0.1, 0.15) is 45.1 Å². The molecule has 1 N–H and O–H groups in total. The van der Waals surface area contributed by atoms with Crippen molar-refractivity contribution in [3.8, 4) is 0 Å². The van der Waals surface area contributed by atoms with Gasteiger partial charge in [-0.05, 0) is 38.3 Å². The number of hydrogen-bond donors (Lipinski definition) is 1. The quantitative estimate of drug-likeness (QED) is 0.859. The monoisotopic (exact) mass is 373 g/mol. The van der Waals surface area contributed by atoms with Crippen molar-refractivity contribution in [2.24, 2.45) is 0 Å². The number of para-hydroxylation sites is 1. The lowest BCUT2D eigenvalue weighted by Crippen LogP contribution is -2.50. The molecule has 0 aliphatic carbocycles. The Hall–Kier alpha value is -2.08. The number of nitrogens with one attached hydrogen (secondary N) is 1. The summed E-state index contributed by atoms with van der Waals surface area (Å²) in [4.78, 5) is 29.6. The second kappa shape index (κ2) is 8.74. The van der Waals surface area contributed by atoms with Crippen molar-refractivity contribution in [1.29, 1.82) is 0 Å². The van der Waals surface area contributed by atoms with E-state index in [1.54, 1.807) is 0 Å². The highest BCUT2D eigenvalue weighted by Gasteiger charge is 2.35. The van der Waals surface area contributed by atoms with Crippen molar-refractivity contribution in [3.63, 3.8) is 0 Å². The molecule has 0 saturated carbocycles. The summed E-state index contributed by atoms with van der Waals surface area (Å²) in [6.45, 7) is 9.07. The van der Waals surface area contributed by atoms with Gasteiger partial charge in [0.2, 0.25) is 11.8 Å². The van der Waals surface area contributed by atoms with Gasteiger partial charge in [-0.25, -0.2) is 0 Å². The first-order chi connectivity index (χ1) is 13.0. The van der Waals surface area contributed by atoms with E-state index in [0.29, 0.717) is 32.8 Å². The smallest absolute Gasteiger partial charge is 0.242 e. The number of rotatable bonds is 5. The number of anilines is 1. The molecule has 6 nitrogen and oxygen atoms in total. The van der Waals surface area contributed by atoms with Crippen molar-refractivity contribution < 1.29 is 14.3 Å². The first-order valence-electron chi connectivity index (χ1n) is 10.0. The van der Waals surface area contributed by atoms with Crippen molar-refractivity contribution in [2.45, 2.75) is 51.6 Å². The van der Waals surface area contributed by atoms with Gasteiger partial charge < -0.3 is 19.9 Å². The molecule has 1 aromatic rings. The third-order valence-electron chi connectivity index (χ3n) is 5.72. The highest BCUT2D eigenvalue weighted by molar-refractivity contribution is 5.88. The predicted molar refractivity (Wildman–Crippen MR) is 106 cm³/mol. The fraction of sp³-hybridized carbons (Fsp3) is 0.619. The van der Waals surface area contributed by atoms with E-state index < -0.39 is 0 Å². The van der Waals surface area contributed by atoms with Gasteiger partial charge in [0.05, 0.1) is 25.7 Å². The second-order valence-corrected chi connectivity index (χ2v) is 7.64. The summed E-state index contributed by atoms with van der Waals surface area (Å²) in [6, 6.07) is 8.29. The molecular formula is C21H31N3O3. The molecule has 1 aromatic carbocycles. The Morgan fingerprint density at radius 1 is 1.26 bits per heavy atom. The van der Waals surface area contributed by atoms with E-state index in [2.05, 4.69) is 24.1 Å². The van der Waals surface area contributed by atoms with Crippen LogP contribution in [0.5, 0.6) is 0 Å². The highest BCUT2D eigenvalue weighted by atomic mass is 16.5. The zero-order valence-electron chi connectivity index (χ0n) is 16.6. The van der Waals surface area contributed by atoms with Gasteiger partial charge in [0.15, 0.2) is 0 Å². The molecule has 0 bridgehead atoms. The first-order valence-corrected chi connectivity index (χ1v) is 10.0. The normalized spacial score (nSPS) is 23.5. The minimum Gasteiger partial charge on any atom is -0.378 e. The molecule has 0 aromatic heterocycles. The third-order valence-corrected chi connectivity index (χ3v) is 5.72. The molecule has 0 spiro atoms. The summed E-state index contributed by atoms with van der Waals surface area (Å²) < 4.78 is 5.35. The molecule has 3 rings (SSSR count). The van der Waals surface area contributed by atoms with E-state index >= 15 is 0 Å². The summed E-state index contributed by atoms with van der Waals surface area (Å²) in [5.41, 5.74) is 2.02. The molecule has 27 heavy (non-hydrogen) atoms. The molecule has 148 valence electrons. The Kier molecular flexibility index (Phi) is 6.37. The molecule has 0 radical (unpaired) electrons. The SMILES string of the molecule is CCC(C)NC(=O)C1CC(C)N(CC(=O)N2CCOCC2)c2ccccc21. The maximum Gasteiger partial charge on any atom is 0.242 e. The van der Waals surface area contributed by atoms with Gasteiger partial charge in [-0.15, -0.1) is 0 Å². The van der Waals surface area contributed by atoms with E-state index in [0.717, 1.165) is 24.1 Å². The zero-order chi connectivity index (χ0) is 19.4. The molecule has 6 heteroatoms. The number of morpholine rings is 1. The molecule has 2 amide bonds. The minimum absolute atomic E-state index is 0.0859. The average molecular weight is 373 g/mol. The van der Waals surface area contributed by atoms with Crippen LogP contribution in [0.3, 0.4) is 0 Å². The van der Waals surface area contributed by atoms with Crippen LogP contribution in [0.2, 0.25) is 0 Å². The van der Waals surface area contributed by atoms with Crippen LogP contribution in [-0.2, 0) is 14.3 Å². The minimum atomic E-state index is -0.167. The molecule has 3 atom stereocenters. The summed E-state index contributed by atoms with van der Waals surface area (Å²) in [7, 11) is 0. The van der Waals surface area contributed by atoms with E-state index in [1.807, 2.05) is 36.1 Å². The van der Waals surface area contributed by atoms with E-state index in [-0.39, 0.29) is 29.8 Å². The van der Waals surface area contributed by atoms with Crippen molar-refractivity contribution >= 4 is 17.5 Å². The lowest BCUT2D eigenvalue weighted by Gasteiger charge is -2.41. The lowest BCUT2D eigenvalue weighted by atomic mass is 9.85. The largest absolute Gasteiger partial charge is 0.378 e. The van der Waals surface area contributed by atoms with Gasteiger partial charge in [0.25, 0.3) is 0 Å². The average Bonchev–Trinajstić information content (AvgIpc) is 2.70. The van der Waals surface area contributed by atoms with Gasteiger partial charge in [0, 0.05) is 30.9 Å². The highest BCUT2D eigenvalue weighted by Crippen LogP contribution is 2.38. The van der Waals surface area contributed by atoms with Gasteiger partial charge >= 0.3 is 0 Å². The van der Waals surface area contributed by atoms with Crippen molar-refractivity contribution in [2.75, 3.05) is 37.7 Å². The van der Waals surface area contributed by atoms with Gasteiger partial charge in [-0.1, -0.05) is 25.1 Å². The lowest BCUT2D eigenvalue weighted by molar-refractivity contribution is -0.133. The molecule has 2 heterocycles. The van der Waals surface area contributed by atoms with Crippen molar-refractivity contribution in [3.05, 3.63) is 29.8 Å². The Balaban J connectivity index is 1.79. The Morgan fingerprint density at radius 2 is 1.96 bits per heavy atom. The van der Waals surface area contributed by atoms with Crippen LogP contribution in [0.25, 0.3) is 0 Å². The topological polar surface area (TPSA) is 61.9 Å². The van der Waals surface area contributed by atoms with Crippen LogP contribution in [0.4, 0.5) is 5.69 Å². The number of nitrogens with zero attached hydrogens (tertiary/aromatic N) is 2. The van der Waals surface area contributed by atoms with Crippen LogP contribution in [-0.4, -0.2) is 61.6 Å². The van der Waals surface area contributed by atoms with E-state index in [9.17, 15) is 9.59 Å². The van der Waals surface area contributed by atoms with Crippen molar-refractivity contribution in [1.82, 2.24) is 10.2 Å². The van der Waals surface area contributed by atoms with Gasteiger partial charge in [-0.2, -0.15) is 0 Å². The first kappa shape index (κ1) is 19.7. The number of carbonyl (C=O) groups excluding carboxylic acids is 2. The Morgan fingerprint density at radius 3 is 2.67 bits per heavy atom. The van der Waals surface area contributed by atoms with Gasteiger partial charge in [0.1, 0.15) is 0 Å². The molecule has 1 saturated heterocycles. The maximum atomic E-state index is 12.8. The number of hydrogen-bond acceptors (Lipinski definition) is 4. The zero-order valence-corrected chi connectivity index (χ0v) is 16.6. The van der Waals surface area contributed by atoms with Crippen LogP contribution in [0, 0.1) is 0 Å². The van der Waals surface area contributed by atoms with E-state index in [4.69, 9.17) is 4.74 Å². The summed E-state index contributed by atoms with van der Waals surface area (Å²) >= 11 is 0. The predicted octanol–water partition coefficient (Wildman–Crippen LogP) is 2.14. The van der Waals surface area contributed by atoms with E-state index in [1.165, 1.54) is 0 Å². The summed E-state index contributed by atoms with van der Waals surface area (Å²) in [5.74, 6) is 0.0465. The van der Waals surface area contributed by atoms with Crippen LogP contribution in [0.15, 0.2) is 24.3 Å². The maximum absolute atomic E-state index is 12.8. The Labute approximate surface area is 161 Å². The van der Waals surface area contributed by atoms with Gasteiger partial charge in [-0.3, -0.25) is 9.59 Å². The number of ether oxygens (including phenoxy) is 1. The standard InChI is InChI=1S/C21H31N3O3/c1-4-15(2)22-21(26)18-13-16(3)24(19-8-6-5-7-17(18)19)14-20(25)23-9-11-27-12-10-23/h5-8,15-16,18H,4,9-14H2,1-3H3,(H,22,26). The number of carbonyl (C=O) groups is 2. The molecule has 2 aliphatic rings. The molecule has 2 aliphatic heterocycles. The Bertz CT molecular complexity index is 672. The molecule has 3 unspecified atom stereocenters. The summed E-state index contributed by atoms with van der Waals surface area (Å²) in [6.07, 6.45) is 1.63. The van der Waals surface area contributed by atoms with Crippen LogP contribution < -0.4 is 10.2 Å². The second-order valence-electron chi connectivity index (χ2n) is 7.64. The fourth-order valence-electron chi connectivity index (χ4n) is 3.87. The number of benzene rings is 1. The fourth-order valence-corrected chi connectivity index (χ4v) is 3.87. The third kappa shape index (κ3) is 4.43. The molecular weight excluding hydrogens is 342 g/mol. The van der Waals surface area contributed by atoms with Crippen LogP contribution >= 0.6 is 0 Å². The summed E-state index contributed by atoms with van der Waals surface area (Å²) in [5, 5.41) is 3.12. The number of fused-ring (bicyclic) bond motifs is 1. The molecule has 1 fully saturated rings.